The predicted octanol–water partition coefficient (Wildman–Crippen LogP) is 1.32. The van der Waals surface area contributed by atoms with Crippen molar-refractivity contribution in [1.82, 2.24) is 5.32 Å². The fourth-order valence-corrected chi connectivity index (χ4v) is 1.03. The first-order valence-electron chi connectivity index (χ1n) is 3.51. The standard InChI is InChI=1S/C8H10ClN3/c9-7-4-2-1-3-6(7)5-12-8(10)11/h1-4H,5H2,(H4,10,11,12). The van der Waals surface area contributed by atoms with Gasteiger partial charge in [0.1, 0.15) is 0 Å². The third-order valence-corrected chi connectivity index (χ3v) is 1.80. The highest BCUT2D eigenvalue weighted by atomic mass is 35.5. The number of hydrogen-bond donors (Lipinski definition) is 3. The number of nitrogens with one attached hydrogen (secondary N) is 2. The van der Waals surface area contributed by atoms with Gasteiger partial charge in [-0.2, -0.15) is 0 Å². The molecule has 0 aliphatic carbocycles. The minimum absolute atomic E-state index is 0.0464. The van der Waals surface area contributed by atoms with Gasteiger partial charge in [-0.15, -0.1) is 0 Å². The molecule has 12 heavy (non-hydrogen) atoms. The Labute approximate surface area is 76.0 Å². The summed E-state index contributed by atoms with van der Waals surface area (Å²) in [6.45, 7) is 0.495. The summed E-state index contributed by atoms with van der Waals surface area (Å²) in [5.74, 6) is -0.0464. The van der Waals surface area contributed by atoms with Crippen molar-refractivity contribution in [1.29, 1.82) is 5.41 Å². The Kier molecular flexibility index (Phi) is 2.94. The third-order valence-electron chi connectivity index (χ3n) is 1.43. The van der Waals surface area contributed by atoms with Gasteiger partial charge in [0, 0.05) is 11.6 Å². The molecular weight excluding hydrogens is 174 g/mol. The summed E-state index contributed by atoms with van der Waals surface area (Å²) in [6, 6.07) is 7.44. The van der Waals surface area contributed by atoms with E-state index in [0.29, 0.717) is 11.6 Å². The van der Waals surface area contributed by atoms with Crippen molar-refractivity contribution in [2.24, 2.45) is 5.73 Å². The van der Waals surface area contributed by atoms with Gasteiger partial charge in [-0.1, -0.05) is 29.8 Å². The van der Waals surface area contributed by atoms with Gasteiger partial charge in [0.15, 0.2) is 5.96 Å². The van der Waals surface area contributed by atoms with Crippen molar-refractivity contribution in [3.63, 3.8) is 0 Å². The Balaban J connectivity index is 2.63. The fourth-order valence-electron chi connectivity index (χ4n) is 0.832. The van der Waals surface area contributed by atoms with Crippen molar-refractivity contribution in [3.8, 4) is 0 Å². The smallest absolute Gasteiger partial charge is 0.185 e. The van der Waals surface area contributed by atoms with Crippen LogP contribution in [0.3, 0.4) is 0 Å². The Bertz CT molecular complexity index is 285. The summed E-state index contributed by atoms with van der Waals surface area (Å²) in [5, 5.41) is 10.3. The quantitative estimate of drug-likeness (QED) is 0.479. The molecule has 0 saturated carbocycles. The highest BCUT2D eigenvalue weighted by Gasteiger charge is 1.97. The molecule has 1 aromatic rings. The van der Waals surface area contributed by atoms with Gasteiger partial charge in [0.05, 0.1) is 0 Å². The molecule has 64 valence electrons. The molecule has 4 heteroatoms. The lowest BCUT2D eigenvalue weighted by atomic mass is 10.2. The minimum atomic E-state index is -0.0464. The monoisotopic (exact) mass is 183 g/mol. The van der Waals surface area contributed by atoms with E-state index in [-0.39, 0.29) is 5.96 Å². The largest absolute Gasteiger partial charge is 0.370 e. The summed E-state index contributed by atoms with van der Waals surface area (Å²) in [7, 11) is 0. The summed E-state index contributed by atoms with van der Waals surface area (Å²) in [5.41, 5.74) is 6.06. The highest BCUT2D eigenvalue weighted by Crippen LogP contribution is 2.13. The van der Waals surface area contributed by atoms with Crippen molar-refractivity contribution < 1.29 is 0 Å². The van der Waals surface area contributed by atoms with E-state index in [1.807, 2.05) is 18.2 Å². The molecule has 1 aromatic carbocycles. The van der Waals surface area contributed by atoms with Gasteiger partial charge in [0.2, 0.25) is 0 Å². The number of hydrogen-bond acceptors (Lipinski definition) is 1. The zero-order valence-electron chi connectivity index (χ0n) is 6.47. The van der Waals surface area contributed by atoms with E-state index < -0.39 is 0 Å². The Morgan fingerprint density at radius 2 is 2.17 bits per heavy atom. The van der Waals surface area contributed by atoms with Crippen LogP contribution in [0.4, 0.5) is 0 Å². The lowest BCUT2D eigenvalue weighted by Crippen LogP contribution is -2.29. The first-order chi connectivity index (χ1) is 5.70. The second-order valence-electron chi connectivity index (χ2n) is 2.36. The van der Waals surface area contributed by atoms with Gasteiger partial charge >= 0.3 is 0 Å². The second-order valence-corrected chi connectivity index (χ2v) is 2.77. The Morgan fingerprint density at radius 3 is 2.75 bits per heavy atom. The first-order valence-corrected chi connectivity index (χ1v) is 3.89. The molecule has 0 spiro atoms. The van der Waals surface area contributed by atoms with E-state index in [1.165, 1.54) is 0 Å². The number of halogens is 1. The SMILES string of the molecule is N=C(N)NCc1ccccc1Cl. The van der Waals surface area contributed by atoms with Crippen LogP contribution in [-0.2, 0) is 6.54 Å². The molecule has 0 radical (unpaired) electrons. The topological polar surface area (TPSA) is 61.9 Å². The third kappa shape index (κ3) is 2.43. The Hall–Kier alpha value is -1.22. The maximum Gasteiger partial charge on any atom is 0.185 e. The van der Waals surface area contributed by atoms with Crippen LogP contribution in [0.25, 0.3) is 0 Å². The molecule has 0 atom stereocenters. The Morgan fingerprint density at radius 1 is 1.50 bits per heavy atom. The van der Waals surface area contributed by atoms with E-state index >= 15 is 0 Å². The van der Waals surface area contributed by atoms with Crippen LogP contribution in [0.2, 0.25) is 5.02 Å². The second kappa shape index (κ2) is 3.97. The highest BCUT2D eigenvalue weighted by molar-refractivity contribution is 6.31. The van der Waals surface area contributed by atoms with Crippen LogP contribution in [0.5, 0.6) is 0 Å². The van der Waals surface area contributed by atoms with Crippen LogP contribution < -0.4 is 11.1 Å². The van der Waals surface area contributed by atoms with E-state index in [0.717, 1.165) is 5.56 Å². The van der Waals surface area contributed by atoms with E-state index in [4.69, 9.17) is 22.7 Å². The van der Waals surface area contributed by atoms with Gasteiger partial charge in [-0.25, -0.2) is 0 Å². The molecule has 0 unspecified atom stereocenters. The summed E-state index contributed by atoms with van der Waals surface area (Å²) in [6.07, 6.45) is 0. The molecular formula is C8H10ClN3. The van der Waals surface area contributed by atoms with Crippen LogP contribution in [0.15, 0.2) is 24.3 Å². The molecule has 3 nitrogen and oxygen atoms in total. The summed E-state index contributed by atoms with van der Waals surface area (Å²) < 4.78 is 0. The van der Waals surface area contributed by atoms with Crippen molar-refractivity contribution in [3.05, 3.63) is 34.9 Å². The summed E-state index contributed by atoms with van der Waals surface area (Å²) in [4.78, 5) is 0. The van der Waals surface area contributed by atoms with Gasteiger partial charge in [-0.05, 0) is 11.6 Å². The van der Waals surface area contributed by atoms with Gasteiger partial charge in [0.25, 0.3) is 0 Å². The molecule has 0 amide bonds. The number of guanidine groups is 1. The van der Waals surface area contributed by atoms with Crippen molar-refractivity contribution in [2.75, 3.05) is 0 Å². The molecule has 0 aliphatic rings. The number of rotatable bonds is 2. The van der Waals surface area contributed by atoms with Gasteiger partial charge in [-0.3, -0.25) is 5.41 Å². The van der Waals surface area contributed by atoms with Gasteiger partial charge < -0.3 is 11.1 Å². The molecule has 0 fully saturated rings. The lowest BCUT2D eigenvalue weighted by molar-refractivity contribution is 0.897. The minimum Gasteiger partial charge on any atom is -0.370 e. The maximum absolute atomic E-state index is 6.94. The molecule has 0 heterocycles. The van der Waals surface area contributed by atoms with Crippen LogP contribution in [0.1, 0.15) is 5.56 Å². The average molecular weight is 184 g/mol. The molecule has 4 N–H and O–H groups in total. The predicted molar refractivity (Wildman–Crippen MR) is 50.2 cm³/mol. The van der Waals surface area contributed by atoms with E-state index in [9.17, 15) is 0 Å². The average Bonchev–Trinajstić information content (AvgIpc) is 2.03. The lowest BCUT2D eigenvalue weighted by Gasteiger charge is -2.04. The molecule has 0 bridgehead atoms. The number of nitrogens with two attached hydrogens (primary N) is 1. The molecule has 0 saturated heterocycles. The molecule has 0 aliphatic heterocycles. The molecule has 0 aromatic heterocycles. The number of benzene rings is 1. The zero-order chi connectivity index (χ0) is 8.97. The maximum atomic E-state index is 6.94. The normalized spacial score (nSPS) is 9.42. The van der Waals surface area contributed by atoms with Crippen LogP contribution in [-0.4, -0.2) is 5.96 Å². The zero-order valence-corrected chi connectivity index (χ0v) is 7.23. The molecule has 1 rings (SSSR count). The van der Waals surface area contributed by atoms with Crippen LogP contribution in [0, 0.1) is 5.41 Å². The summed E-state index contributed by atoms with van der Waals surface area (Å²) >= 11 is 5.86. The first kappa shape index (κ1) is 8.87. The fraction of sp³-hybridized carbons (Fsp3) is 0.125. The van der Waals surface area contributed by atoms with Crippen molar-refractivity contribution >= 4 is 17.6 Å². The van der Waals surface area contributed by atoms with E-state index in [2.05, 4.69) is 5.32 Å². The van der Waals surface area contributed by atoms with Crippen LogP contribution >= 0.6 is 11.6 Å². The van der Waals surface area contributed by atoms with E-state index in [1.54, 1.807) is 6.07 Å². The van der Waals surface area contributed by atoms with Crippen molar-refractivity contribution in [2.45, 2.75) is 6.54 Å².